The van der Waals surface area contributed by atoms with Crippen LogP contribution in [-0.2, 0) is 6.54 Å². The number of rotatable bonds is 7. The van der Waals surface area contributed by atoms with Gasteiger partial charge in [0.1, 0.15) is 0 Å². The van der Waals surface area contributed by atoms with Gasteiger partial charge in [-0.1, -0.05) is 13.8 Å². The SMILES string of the molecule is CC(C)c1nc(CNC(CCO)C2CC2)cs1. The highest BCUT2D eigenvalue weighted by molar-refractivity contribution is 7.09. The predicted molar refractivity (Wildman–Crippen MR) is 71.3 cm³/mol. The third-order valence-corrected chi connectivity index (χ3v) is 4.43. The number of aromatic nitrogens is 1. The van der Waals surface area contributed by atoms with Gasteiger partial charge in [-0.25, -0.2) is 4.98 Å². The van der Waals surface area contributed by atoms with Crippen LogP contribution in [0.15, 0.2) is 5.38 Å². The predicted octanol–water partition coefficient (Wildman–Crippen LogP) is 2.52. The quantitative estimate of drug-likeness (QED) is 0.786. The van der Waals surface area contributed by atoms with Crippen LogP contribution >= 0.6 is 11.3 Å². The first-order chi connectivity index (χ1) is 8.20. The van der Waals surface area contributed by atoms with Gasteiger partial charge in [0.2, 0.25) is 0 Å². The van der Waals surface area contributed by atoms with Crippen molar-refractivity contribution in [3.05, 3.63) is 16.1 Å². The van der Waals surface area contributed by atoms with Crippen LogP contribution in [0.5, 0.6) is 0 Å². The molecule has 1 aliphatic carbocycles. The highest BCUT2D eigenvalue weighted by Crippen LogP contribution is 2.34. The lowest BCUT2D eigenvalue weighted by Gasteiger charge is -2.16. The van der Waals surface area contributed by atoms with Gasteiger partial charge in [0.15, 0.2) is 0 Å². The maximum atomic E-state index is 9.03. The molecule has 2 N–H and O–H groups in total. The molecule has 0 aliphatic heterocycles. The van der Waals surface area contributed by atoms with Crippen LogP contribution in [0, 0.1) is 5.92 Å². The van der Waals surface area contributed by atoms with Crippen molar-refractivity contribution < 1.29 is 5.11 Å². The zero-order valence-corrected chi connectivity index (χ0v) is 11.5. The Morgan fingerprint density at radius 1 is 1.53 bits per heavy atom. The van der Waals surface area contributed by atoms with Gasteiger partial charge in [-0.2, -0.15) is 0 Å². The van der Waals surface area contributed by atoms with E-state index in [-0.39, 0.29) is 6.61 Å². The topological polar surface area (TPSA) is 45.2 Å². The zero-order chi connectivity index (χ0) is 12.3. The van der Waals surface area contributed by atoms with Crippen molar-refractivity contribution in [1.82, 2.24) is 10.3 Å². The van der Waals surface area contributed by atoms with Crippen molar-refractivity contribution in [1.29, 1.82) is 0 Å². The monoisotopic (exact) mass is 254 g/mol. The van der Waals surface area contributed by atoms with E-state index < -0.39 is 0 Å². The molecule has 0 bridgehead atoms. The molecule has 4 heteroatoms. The highest BCUT2D eigenvalue weighted by atomic mass is 32.1. The third-order valence-electron chi connectivity index (χ3n) is 3.24. The van der Waals surface area contributed by atoms with Gasteiger partial charge >= 0.3 is 0 Å². The minimum Gasteiger partial charge on any atom is -0.396 e. The van der Waals surface area contributed by atoms with E-state index >= 15 is 0 Å². The highest BCUT2D eigenvalue weighted by Gasteiger charge is 2.30. The van der Waals surface area contributed by atoms with E-state index in [1.54, 1.807) is 11.3 Å². The van der Waals surface area contributed by atoms with Gasteiger partial charge in [0, 0.05) is 30.5 Å². The van der Waals surface area contributed by atoms with Gasteiger partial charge in [0.25, 0.3) is 0 Å². The molecule has 1 saturated carbocycles. The number of hydrogen-bond donors (Lipinski definition) is 2. The van der Waals surface area contributed by atoms with E-state index in [4.69, 9.17) is 5.11 Å². The number of aliphatic hydroxyl groups is 1. The Bertz CT molecular complexity index is 347. The molecule has 1 heterocycles. The molecule has 0 spiro atoms. The van der Waals surface area contributed by atoms with Crippen molar-refractivity contribution in [3.63, 3.8) is 0 Å². The fourth-order valence-corrected chi connectivity index (χ4v) is 2.88. The van der Waals surface area contributed by atoms with Crippen molar-refractivity contribution in [2.24, 2.45) is 5.92 Å². The Morgan fingerprint density at radius 2 is 2.29 bits per heavy atom. The standard InChI is InChI=1S/C13H22N2OS/c1-9(2)13-15-11(8-17-13)7-14-12(5-6-16)10-3-4-10/h8-10,12,14,16H,3-7H2,1-2H3. The van der Waals surface area contributed by atoms with E-state index in [9.17, 15) is 0 Å². The summed E-state index contributed by atoms with van der Waals surface area (Å²) in [5.74, 6) is 1.30. The van der Waals surface area contributed by atoms with E-state index in [0.717, 1.165) is 24.6 Å². The molecule has 3 nitrogen and oxygen atoms in total. The lowest BCUT2D eigenvalue weighted by molar-refractivity contribution is 0.255. The molecule has 1 aromatic heterocycles. The summed E-state index contributed by atoms with van der Waals surface area (Å²) in [6.07, 6.45) is 3.49. The van der Waals surface area contributed by atoms with E-state index in [2.05, 4.69) is 29.5 Å². The number of thiazole rings is 1. The van der Waals surface area contributed by atoms with E-state index in [1.807, 2.05) is 0 Å². The van der Waals surface area contributed by atoms with Crippen LogP contribution in [0.25, 0.3) is 0 Å². The summed E-state index contributed by atoms with van der Waals surface area (Å²) >= 11 is 1.75. The van der Waals surface area contributed by atoms with Crippen LogP contribution in [-0.4, -0.2) is 22.7 Å². The van der Waals surface area contributed by atoms with Gasteiger partial charge in [0.05, 0.1) is 10.7 Å². The number of hydrogen-bond acceptors (Lipinski definition) is 4. The van der Waals surface area contributed by atoms with E-state index in [0.29, 0.717) is 12.0 Å². The smallest absolute Gasteiger partial charge is 0.0954 e. The second-order valence-electron chi connectivity index (χ2n) is 5.17. The molecule has 0 aromatic carbocycles. The lowest BCUT2D eigenvalue weighted by Crippen LogP contribution is -2.31. The zero-order valence-electron chi connectivity index (χ0n) is 10.6. The van der Waals surface area contributed by atoms with Crippen LogP contribution < -0.4 is 5.32 Å². The third kappa shape index (κ3) is 3.76. The van der Waals surface area contributed by atoms with Gasteiger partial charge in [-0.05, 0) is 25.2 Å². The van der Waals surface area contributed by atoms with Crippen LogP contribution in [0.1, 0.15) is 49.7 Å². The first-order valence-electron chi connectivity index (χ1n) is 6.49. The van der Waals surface area contributed by atoms with Crippen molar-refractivity contribution in [3.8, 4) is 0 Å². The Balaban J connectivity index is 1.82. The fraction of sp³-hybridized carbons (Fsp3) is 0.769. The molecule has 96 valence electrons. The molecule has 17 heavy (non-hydrogen) atoms. The van der Waals surface area contributed by atoms with Crippen molar-refractivity contribution >= 4 is 11.3 Å². The summed E-state index contributed by atoms with van der Waals surface area (Å²) in [4.78, 5) is 4.62. The first-order valence-corrected chi connectivity index (χ1v) is 7.37. The minimum atomic E-state index is 0.280. The van der Waals surface area contributed by atoms with Crippen molar-refractivity contribution in [2.75, 3.05) is 6.61 Å². The van der Waals surface area contributed by atoms with Gasteiger partial charge in [-0.3, -0.25) is 0 Å². The maximum absolute atomic E-state index is 9.03. The Hall–Kier alpha value is -0.450. The molecule has 2 rings (SSSR count). The second kappa shape index (κ2) is 5.94. The minimum absolute atomic E-state index is 0.280. The molecule has 1 unspecified atom stereocenters. The summed E-state index contributed by atoms with van der Waals surface area (Å²) in [6.45, 7) is 5.47. The lowest BCUT2D eigenvalue weighted by atomic mass is 10.1. The molecule has 0 radical (unpaired) electrons. The molecular formula is C13H22N2OS. The molecule has 1 atom stereocenters. The number of nitrogens with zero attached hydrogens (tertiary/aromatic N) is 1. The summed E-state index contributed by atoms with van der Waals surface area (Å²) in [5, 5.41) is 15.9. The summed E-state index contributed by atoms with van der Waals surface area (Å²) in [6, 6.07) is 0.476. The molecular weight excluding hydrogens is 232 g/mol. The van der Waals surface area contributed by atoms with Gasteiger partial charge < -0.3 is 10.4 Å². The average molecular weight is 254 g/mol. The maximum Gasteiger partial charge on any atom is 0.0954 e. The number of aliphatic hydroxyl groups excluding tert-OH is 1. The van der Waals surface area contributed by atoms with Crippen LogP contribution in [0.2, 0.25) is 0 Å². The van der Waals surface area contributed by atoms with E-state index in [1.165, 1.54) is 17.8 Å². The summed E-state index contributed by atoms with van der Waals surface area (Å²) < 4.78 is 0. The molecule has 0 amide bonds. The Kier molecular flexibility index (Phi) is 4.54. The molecule has 0 saturated heterocycles. The largest absolute Gasteiger partial charge is 0.396 e. The second-order valence-corrected chi connectivity index (χ2v) is 6.06. The fourth-order valence-electron chi connectivity index (χ4n) is 2.05. The Morgan fingerprint density at radius 3 is 2.82 bits per heavy atom. The first kappa shape index (κ1) is 13.0. The average Bonchev–Trinajstić information content (AvgIpc) is 3.02. The van der Waals surface area contributed by atoms with Gasteiger partial charge in [-0.15, -0.1) is 11.3 Å². The van der Waals surface area contributed by atoms with Crippen LogP contribution in [0.4, 0.5) is 0 Å². The normalized spacial score (nSPS) is 17.6. The molecule has 1 fully saturated rings. The Labute approximate surface area is 107 Å². The van der Waals surface area contributed by atoms with Crippen molar-refractivity contribution in [2.45, 2.75) is 51.6 Å². The molecule has 1 aromatic rings. The summed E-state index contributed by atoms with van der Waals surface area (Å²) in [7, 11) is 0. The van der Waals surface area contributed by atoms with Crippen LogP contribution in [0.3, 0.4) is 0 Å². The number of nitrogens with one attached hydrogen (secondary N) is 1. The molecule has 1 aliphatic rings. The summed E-state index contributed by atoms with van der Waals surface area (Å²) in [5.41, 5.74) is 1.14.